The maximum Gasteiger partial charge on any atom is 0.258 e. The minimum Gasteiger partial charge on any atom is -0.484 e. The Kier molecular flexibility index (Phi) is 4.79. The largest absolute Gasteiger partial charge is 0.484 e. The molecule has 1 aromatic rings. The standard InChI is InChI=1S/C13H18N2O3S/c14-10-2-1-3-12(8-10)18-9-13(16)15-11-4-6-19(17)7-5-11/h1-3,8,11H,4-7,9,14H2,(H,15,16). The molecule has 2 rings (SSSR count). The van der Waals surface area contributed by atoms with Crippen molar-refractivity contribution in [3.8, 4) is 5.75 Å². The van der Waals surface area contributed by atoms with Crippen LogP contribution in [0.3, 0.4) is 0 Å². The van der Waals surface area contributed by atoms with Gasteiger partial charge in [0.2, 0.25) is 0 Å². The van der Waals surface area contributed by atoms with Crippen LogP contribution in [-0.4, -0.2) is 34.3 Å². The normalized spacial score (nSPS) is 22.7. The van der Waals surface area contributed by atoms with Crippen LogP contribution >= 0.6 is 0 Å². The van der Waals surface area contributed by atoms with Crippen LogP contribution in [0.1, 0.15) is 12.8 Å². The highest BCUT2D eigenvalue weighted by atomic mass is 32.2. The highest BCUT2D eigenvalue weighted by molar-refractivity contribution is 7.85. The van der Waals surface area contributed by atoms with E-state index in [2.05, 4.69) is 5.32 Å². The number of carbonyl (C=O) groups is 1. The fourth-order valence-corrected chi connectivity index (χ4v) is 3.26. The lowest BCUT2D eigenvalue weighted by Gasteiger charge is -2.22. The predicted octanol–water partition coefficient (Wildman–Crippen LogP) is 0.675. The third-order valence-electron chi connectivity index (χ3n) is 2.98. The van der Waals surface area contributed by atoms with Gasteiger partial charge in [-0.3, -0.25) is 9.00 Å². The Hall–Kier alpha value is -1.56. The van der Waals surface area contributed by atoms with Crippen molar-refractivity contribution in [2.24, 2.45) is 0 Å². The van der Waals surface area contributed by atoms with Crippen molar-refractivity contribution < 1.29 is 13.7 Å². The van der Waals surface area contributed by atoms with Crippen LogP contribution in [0.4, 0.5) is 5.69 Å². The summed E-state index contributed by atoms with van der Waals surface area (Å²) in [6.07, 6.45) is 1.55. The molecule has 0 bridgehead atoms. The number of rotatable bonds is 4. The molecule has 104 valence electrons. The summed E-state index contributed by atoms with van der Waals surface area (Å²) in [4.78, 5) is 11.7. The van der Waals surface area contributed by atoms with E-state index in [1.54, 1.807) is 24.3 Å². The molecular weight excluding hydrogens is 264 g/mol. The summed E-state index contributed by atoms with van der Waals surface area (Å²) in [6.45, 7) is -0.0248. The van der Waals surface area contributed by atoms with Gasteiger partial charge in [0.1, 0.15) is 5.75 Å². The minimum atomic E-state index is -0.708. The summed E-state index contributed by atoms with van der Waals surface area (Å²) < 4.78 is 16.6. The van der Waals surface area contributed by atoms with Crippen LogP contribution in [0.15, 0.2) is 24.3 Å². The Bertz CT molecular complexity index is 469. The summed E-state index contributed by atoms with van der Waals surface area (Å²) in [5, 5.41) is 2.89. The van der Waals surface area contributed by atoms with Gasteiger partial charge >= 0.3 is 0 Å². The Morgan fingerprint density at radius 1 is 1.42 bits per heavy atom. The molecule has 1 saturated heterocycles. The van der Waals surface area contributed by atoms with Gasteiger partial charge in [-0.05, 0) is 25.0 Å². The molecule has 1 fully saturated rings. The van der Waals surface area contributed by atoms with E-state index in [-0.39, 0.29) is 18.6 Å². The minimum absolute atomic E-state index is 0.0248. The SMILES string of the molecule is Nc1cccc(OCC(=O)NC2CCS(=O)CC2)c1. The van der Waals surface area contributed by atoms with Crippen molar-refractivity contribution in [3.63, 3.8) is 0 Å². The van der Waals surface area contributed by atoms with Gasteiger partial charge < -0.3 is 15.8 Å². The molecule has 0 unspecified atom stereocenters. The molecule has 1 amide bonds. The fourth-order valence-electron chi connectivity index (χ4n) is 1.96. The molecule has 0 spiro atoms. The molecular formula is C13H18N2O3S. The van der Waals surface area contributed by atoms with Crippen LogP contribution in [0.5, 0.6) is 5.75 Å². The lowest BCUT2D eigenvalue weighted by Crippen LogP contribution is -2.41. The number of nitrogens with one attached hydrogen (secondary N) is 1. The first-order valence-electron chi connectivity index (χ1n) is 6.26. The van der Waals surface area contributed by atoms with E-state index in [1.807, 2.05) is 0 Å². The van der Waals surface area contributed by atoms with Crippen molar-refractivity contribution in [1.29, 1.82) is 0 Å². The Labute approximate surface area is 115 Å². The summed E-state index contributed by atoms with van der Waals surface area (Å²) in [7, 11) is -0.708. The second kappa shape index (κ2) is 6.56. The van der Waals surface area contributed by atoms with E-state index in [4.69, 9.17) is 10.5 Å². The number of ether oxygens (including phenoxy) is 1. The number of benzene rings is 1. The number of nitrogens with two attached hydrogens (primary N) is 1. The average Bonchev–Trinajstić information content (AvgIpc) is 2.39. The third kappa shape index (κ3) is 4.55. The van der Waals surface area contributed by atoms with Gasteiger partial charge in [0.15, 0.2) is 6.61 Å². The summed E-state index contributed by atoms with van der Waals surface area (Å²) in [5.74, 6) is 1.77. The molecule has 0 saturated carbocycles. The maximum absolute atomic E-state index is 11.7. The van der Waals surface area contributed by atoms with Gasteiger partial charge in [-0.1, -0.05) is 6.07 Å². The van der Waals surface area contributed by atoms with Crippen molar-refractivity contribution in [2.75, 3.05) is 23.8 Å². The van der Waals surface area contributed by atoms with Gasteiger partial charge in [0, 0.05) is 40.1 Å². The molecule has 19 heavy (non-hydrogen) atoms. The highest BCUT2D eigenvalue weighted by Gasteiger charge is 2.19. The fraction of sp³-hybridized carbons (Fsp3) is 0.462. The van der Waals surface area contributed by atoms with Gasteiger partial charge in [0.25, 0.3) is 5.91 Å². The molecule has 6 heteroatoms. The smallest absolute Gasteiger partial charge is 0.258 e. The van der Waals surface area contributed by atoms with Gasteiger partial charge in [-0.2, -0.15) is 0 Å². The zero-order valence-electron chi connectivity index (χ0n) is 10.6. The lowest BCUT2D eigenvalue weighted by molar-refractivity contribution is -0.123. The van der Waals surface area contributed by atoms with E-state index in [1.165, 1.54) is 0 Å². The Morgan fingerprint density at radius 2 is 2.16 bits per heavy atom. The number of carbonyl (C=O) groups excluding carboxylic acids is 1. The number of nitrogen functional groups attached to an aromatic ring is 1. The van der Waals surface area contributed by atoms with E-state index in [0.29, 0.717) is 22.9 Å². The van der Waals surface area contributed by atoms with Crippen LogP contribution in [0, 0.1) is 0 Å². The van der Waals surface area contributed by atoms with Crippen molar-refractivity contribution >= 4 is 22.4 Å². The van der Waals surface area contributed by atoms with Gasteiger partial charge in [0.05, 0.1) is 0 Å². The van der Waals surface area contributed by atoms with E-state index < -0.39 is 10.8 Å². The molecule has 0 radical (unpaired) electrons. The van der Waals surface area contributed by atoms with Crippen molar-refractivity contribution in [2.45, 2.75) is 18.9 Å². The number of anilines is 1. The van der Waals surface area contributed by atoms with Crippen LogP contribution in [0.25, 0.3) is 0 Å². The first-order valence-corrected chi connectivity index (χ1v) is 7.75. The number of hydrogen-bond donors (Lipinski definition) is 2. The van der Waals surface area contributed by atoms with Crippen molar-refractivity contribution in [1.82, 2.24) is 5.32 Å². The van der Waals surface area contributed by atoms with E-state index in [0.717, 1.165) is 12.8 Å². The second-order valence-electron chi connectivity index (χ2n) is 4.55. The van der Waals surface area contributed by atoms with Gasteiger partial charge in [-0.15, -0.1) is 0 Å². The van der Waals surface area contributed by atoms with Crippen LogP contribution in [-0.2, 0) is 15.6 Å². The van der Waals surface area contributed by atoms with Crippen LogP contribution in [0.2, 0.25) is 0 Å². The first-order chi connectivity index (χ1) is 9.13. The summed E-state index contributed by atoms with van der Waals surface area (Å²) in [6, 6.07) is 7.09. The lowest BCUT2D eigenvalue weighted by atomic mass is 10.1. The molecule has 0 aliphatic carbocycles. The molecule has 1 heterocycles. The Morgan fingerprint density at radius 3 is 2.84 bits per heavy atom. The monoisotopic (exact) mass is 282 g/mol. The maximum atomic E-state index is 11.7. The zero-order chi connectivity index (χ0) is 13.7. The topological polar surface area (TPSA) is 81.4 Å². The summed E-state index contributed by atoms with van der Waals surface area (Å²) in [5.41, 5.74) is 6.22. The molecule has 0 atom stereocenters. The third-order valence-corrected chi connectivity index (χ3v) is 4.36. The van der Waals surface area contributed by atoms with Gasteiger partial charge in [-0.25, -0.2) is 0 Å². The number of hydrogen-bond acceptors (Lipinski definition) is 4. The predicted molar refractivity (Wildman–Crippen MR) is 75.4 cm³/mol. The molecule has 3 N–H and O–H groups in total. The average molecular weight is 282 g/mol. The molecule has 1 aliphatic rings. The highest BCUT2D eigenvalue weighted by Crippen LogP contribution is 2.14. The summed E-state index contributed by atoms with van der Waals surface area (Å²) >= 11 is 0. The van der Waals surface area contributed by atoms with Crippen molar-refractivity contribution in [3.05, 3.63) is 24.3 Å². The van der Waals surface area contributed by atoms with Crippen LogP contribution < -0.4 is 15.8 Å². The Balaban J connectivity index is 1.74. The molecule has 1 aromatic carbocycles. The number of amides is 1. The molecule has 0 aromatic heterocycles. The second-order valence-corrected chi connectivity index (χ2v) is 6.25. The zero-order valence-corrected chi connectivity index (χ0v) is 11.4. The van der Waals surface area contributed by atoms with E-state index >= 15 is 0 Å². The first kappa shape index (κ1) is 13.9. The molecule has 1 aliphatic heterocycles. The molecule has 5 nitrogen and oxygen atoms in total. The van der Waals surface area contributed by atoms with E-state index in [9.17, 15) is 9.00 Å². The quantitative estimate of drug-likeness (QED) is 0.796.